The zero-order chi connectivity index (χ0) is 22.7. The number of anilines is 1. The highest BCUT2D eigenvalue weighted by Gasteiger charge is 2.28. The van der Waals surface area contributed by atoms with Crippen molar-refractivity contribution < 1.29 is 19.1 Å². The van der Waals surface area contributed by atoms with Crippen molar-refractivity contribution in [3.8, 4) is 0 Å². The van der Waals surface area contributed by atoms with Crippen LogP contribution in [-0.4, -0.2) is 27.5 Å². The van der Waals surface area contributed by atoms with E-state index in [4.69, 9.17) is 4.42 Å². The largest absolute Gasteiger partial charge is 0.455 e. The van der Waals surface area contributed by atoms with Crippen molar-refractivity contribution in [3.05, 3.63) is 61.1 Å². The molecule has 2 N–H and O–H groups in total. The van der Waals surface area contributed by atoms with Crippen LogP contribution >= 0.6 is 0 Å². The van der Waals surface area contributed by atoms with E-state index in [1.54, 1.807) is 6.92 Å². The molecule has 3 rings (SSSR count). The molecule has 1 aliphatic rings. The number of benzene rings is 1. The van der Waals surface area contributed by atoms with Crippen LogP contribution in [0.15, 0.2) is 27.7 Å². The van der Waals surface area contributed by atoms with Gasteiger partial charge in [0.2, 0.25) is 0 Å². The zero-order valence-corrected chi connectivity index (χ0v) is 17.4. The van der Waals surface area contributed by atoms with Crippen LogP contribution in [-0.2, 0) is 6.42 Å². The molecule has 1 aliphatic carbocycles. The SMILES string of the molecule is CCC(C)NC(=O)c1oc2c(c1C)/C(=N/Nc1ccc([N+](=O)[O-])cc1[N+](=O)[O-])CCC2. The average Bonchev–Trinajstić information content (AvgIpc) is 3.09. The number of non-ortho nitro benzene ring substituents is 1. The Balaban J connectivity index is 1.92. The molecule has 11 heteroatoms. The molecule has 1 atom stereocenters. The topological polar surface area (TPSA) is 153 Å². The van der Waals surface area contributed by atoms with Crippen molar-refractivity contribution in [2.24, 2.45) is 5.10 Å². The van der Waals surface area contributed by atoms with Gasteiger partial charge in [-0.25, -0.2) is 0 Å². The average molecular weight is 429 g/mol. The first-order chi connectivity index (χ1) is 14.7. The number of nitro groups is 2. The molecule has 11 nitrogen and oxygen atoms in total. The Morgan fingerprint density at radius 1 is 1.26 bits per heavy atom. The summed E-state index contributed by atoms with van der Waals surface area (Å²) < 4.78 is 5.83. The van der Waals surface area contributed by atoms with E-state index in [2.05, 4.69) is 15.8 Å². The number of nitro benzene ring substituents is 2. The fourth-order valence-corrected chi connectivity index (χ4v) is 3.39. The molecule has 0 fully saturated rings. The van der Waals surface area contributed by atoms with E-state index in [0.29, 0.717) is 29.9 Å². The van der Waals surface area contributed by atoms with Crippen LogP contribution in [0.1, 0.15) is 60.6 Å². The smallest absolute Gasteiger partial charge is 0.301 e. The number of rotatable bonds is 7. The van der Waals surface area contributed by atoms with Crippen LogP contribution in [0, 0.1) is 27.2 Å². The zero-order valence-electron chi connectivity index (χ0n) is 17.4. The van der Waals surface area contributed by atoms with Crippen LogP contribution in [0.5, 0.6) is 0 Å². The first kappa shape index (κ1) is 21.9. The third-order valence-electron chi connectivity index (χ3n) is 5.22. The van der Waals surface area contributed by atoms with Gasteiger partial charge in [0.25, 0.3) is 11.6 Å². The second-order valence-corrected chi connectivity index (χ2v) is 7.38. The van der Waals surface area contributed by atoms with Gasteiger partial charge in [0.15, 0.2) is 5.76 Å². The van der Waals surface area contributed by atoms with Gasteiger partial charge >= 0.3 is 5.69 Å². The number of fused-ring (bicyclic) bond motifs is 1. The third kappa shape index (κ3) is 4.55. The Morgan fingerprint density at radius 2 is 2.00 bits per heavy atom. The standard InChI is InChI=1S/C20H23N5O6/c1-4-11(2)21-20(26)19-12(3)18-15(6-5-7-17(18)31-19)23-22-14-9-8-13(24(27)28)10-16(14)25(29)30/h8-11,22H,4-7H2,1-3H3,(H,21,26)/b23-15+. The molecule has 0 aliphatic heterocycles. The second-order valence-electron chi connectivity index (χ2n) is 7.38. The number of hydrogen-bond donors (Lipinski definition) is 2. The van der Waals surface area contributed by atoms with Gasteiger partial charge in [-0.3, -0.25) is 30.4 Å². The van der Waals surface area contributed by atoms with Crippen molar-refractivity contribution in [3.63, 3.8) is 0 Å². The van der Waals surface area contributed by atoms with Crippen molar-refractivity contribution in [2.45, 2.75) is 52.5 Å². The summed E-state index contributed by atoms with van der Waals surface area (Å²) >= 11 is 0. The minimum atomic E-state index is -0.706. The Hall–Kier alpha value is -3.76. The van der Waals surface area contributed by atoms with Crippen molar-refractivity contribution in [1.82, 2.24) is 5.32 Å². The van der Waals surface area contributed by atoms with Gasteiger partial charge in [0.1, 0.15) is 11.4 Å². The number of nitrogens with zero attached hydrogens (tertiary/aromatic N) is 3. The summed E-state index contributed by atoms with van der Waals surface area (Å²) in [5, 5.41) is 29.4. The predicted molar refractivity (Wildman–Crippen MR) is 114 cm³/mol. The predicted octanol–water partition coefficient (Wildman–Crippen LogP) is 4.09. The molecule has 1 aromatic carbocycles. The molecule has 0 saturated carbocycles. The van der Waals surface area contributed by atoms with E-state index >= 15 is 0 Å². The van der Waals surface area contributed by atoms with Crippen LogP contribution < -0.4 is 10.7 Å². The van der Waals surface area contributed by atoms with E-state index < -0.39 is 15.5 Å². The van der Waals surface area contributed by atoms with Gasteiger partial charge in [-0.15, -0.1) is 0 Å². The van der Waals surface area contributed by atoms with Crippen LogP contribution in [0.4, 0.5) is 17.1 Å². The van der Waals surface area contributed by atoms with Crippen LogP contribution in [0.25, 0.3) is 0 Å². The van der Waals surface area contributed by atoms with Crippen molar-refractivity contribution >= 4 is 28.7 Å². The molecular formula is C20H23N5O6. The lowest BCUT2D eigenvalue weighted by Gasteiger charge is -2.14. The first-order valence-corrected chi connectivity index (χ1v) is 9.91. The van der Waals surface area contributed by atoms with E-state index in [0.717, 1.165) is 24.5 Å². The van der Waals surface area contributed by atoms with Crippen molar-refractivity contribution in [2.75, 3.05) is 5.43 Å². The summed E-state index contributed by atoms with van der Waals surface area (Å²) in [7, 11) is 0. The minimum Gasteiger partial charge on any atom is -0.455 e. The summed E-state index contributed by atoms with van der Waals surface area (Å²) in [4.78, 5) is 33.4. The fourth-order valence-electron chi connectivity index (χ4n) is 3.39. The molecule has 2 aromatic rings. The lowest BCUT2D eigenvalue weighted by atomic mass is 9.93. The summed E-state index contributed by atoms with van der Waals surface area (Å²) in [5.74, 6) is 0.595. The number of furan rings is 1. The second kappa shape index (κ2) is 8.94. The van der Waals surface area contributed by atoms with E-state index in [9.17, 15) is 25.0 Å². The normalized spacial score (nSPS) is 15.3. The van der Waals surface area contributed by atoms with Gasteiger partial charge in [0.05, 0.1) is 21.6 Å². The maximum atomic E-state index is 12.6. The van der Waals surface area contributed by atoms with E-state index in [-0.39, 0.29) is 29.1 Å². The molecule has 0 radical (unpaired) electrons. The molecule has 1 unspecified atom stereocenters. The number of hydrogen-bond acceptors (Lipinski definition) is 8. The summed E-state index contributed by atoms with van der Waals surface area (Å²) in [5.41, 5.74) is 3.85. The van der Waals surface area contributed by atoms with Gasteiger partial charge in [0, 0.05) is 29.7 Å². The first-order valence-electron chi connectivity index (χ1n) is 9.91. The number of carbonyl (C=O) groups is 1. The van der Waals surface area contributed by atoms with Gasteiger partial charge in [-0.05, 0) is 39.2 Å². The molecule has 31 heavy (non-hydrogen) atoms. The maximum absolute atomic E-state index is 12.6. The third-order valence-corrected chi connectivity index (χ3v) is 5.22. The number of hydrazone groups is 1. The van der Waals surface area contributed by atoms with Gasteiger partial charge < -0.3 is 9.73 Å². The molecule has 0 spiro atoms. The van der Waals surface area contributed by atoms with E-state index in [1.165, 1.54) is 12.1 Å². The Morgan fingerprint density at radius 3 is 2.65 bits per heavy atom. The molecule has 1 heterocycles. The summed E-state index contributed by atoms with van der Waals surface area (Å²) in [6.07, 6.45) is 2.78. The highest BCUT2D eigenvalue weighted by Crippen LogP contribution is 2.32. The van der Waals surface area contributed by atoms with Gasteiger partial charge in [-0.2, -0.15) is 5.10 Å². The summed E-state index contributed by atoms with van der Waals surface area (Å²) in [6.45, 7) is 5.66. The monoisotopic (exact) mass is 429 g/mol. The Labute approximate surface area is 177 Å². The highest BCUT2D eigenvalue weighted by atomic mass is 16.6. The van der Waals surface area contributed by atoms with Crippen molar-refractivity contribution in [1.29, 1.82) is 0 Å². The number of carbonyl (C=O) groups excluding carboxylic acids is 1. The molecule has 0 saturated heterocycles. The lowest BCUT2D eigenvalue weighted by molar-refractivity contribution is -0.393. The van der Waals surface area contributed by atoms with Gasteiger partial charge in [-0.1, -0.05) is 6.92 Å². The minimum absolute atomic E-state index is 0.00604. The highest BCUT2D eigenvalue weighted by molar-refractivity contribution is 6.06. The molecule has 1 aromatic heterocycles. The fraction of sp³-hybridized carbons (Fsp3) is 0.400. The van der Waals surface area contributed by atoms with E-state index in [1.807, 2.05) is 13.8 Å². The molecule has 1 amide bonds. The molecule has 164 valence electrons. The number of aryl methyl sites for hydroxylation is 1. The van der Waals surface area contributed by atoms with Crippen LogP contribution in [0.2, 0.25) is 0 Å². The Kier molecular flexibility index (Phi) is 6.33. The molecule has 0 bridgehead atoms. The maximum Gasteiger partial charge on any atom is 0.301 e. The summed E-state index contributed by atoms with van der Waals surface area (Å²) in [6, 6.07) is 3.31. The number of nitrogens with one attached hydrogen (secondary N) is 2. The quantitative estimate of drug-likeness (QED) is 0.496. The van der Waals surface area contributed by atoms with Crippen LogP contribution in [0.3, 0.4) is 0 Å². The lowest BCUT2D eigenvalue weighted by Crippen LogP contribution is -2.32. The number of amides is 1. The molecular weight excluding hydrogens is 406 g/mol. The Bertz CT molecular complexity index is 1070.